The molecule has 24 heavy (non-hydrogen) atoms. The summed E-state index contributed by atoms with van der Waals surface area (Å²) in [6.07, 6.45) is 2.86. The van der Waals surface area contributed by atoms with Crippen LogP contribution in [-0.2, 0) is 12.8 Å². The van der Waals surface area contributed by atoms with E-state index < -0.39 is 6.10 Å². The summed E-state index contributed by atoms with van der Waals surface area (Å²) >= 11 is 0. The Balaban J connectivity index is 1.84. The van der Waals surface area contributed by atoms with Crippen LogP contribution in [0.15, 0.2) is 0 Å². The maximum atomic E-state index is 10.0. The molecule has 0 aromatic carbocycles. The number of aryl methyl sites for hydroxylation is 2. The second kappa shape index (κ2) is 5.82. The van der Waals surface area contributed by atoms with Crippen LogP contribution in [-0.4, -0.2) is 59.4 Å². The molecular formula is C17H24N6O. The number of fused-ring (bicyclic) bond motifs is 2. The van der Waals surface area contributed by atoms with Gasteiger partial charge in [0.2, 0.25) is 5.95 Å². The van der Waals surface area contributed by atoms with Crippen molar-refractivity contribution in [1.29, 1.82) is 0 Å². The van der Waals surface area contributed by atoms with Gasteiger partial charge in [0.25, 0.3) is 0 Å². The number of pyridine rings is 1. The van der Waals surface area contributed by atoms with E-state index in [-0.39, 0.29) is 6.04 Å². The van der Waals surface area contributed by atoms with Crippen molar-refractivity contribution >= 4 is 22.8 Å². The van der Waals surface area contributed by atoms with Gasteiger partial charge in [0, 0.05) is 32.9 Å². The van der Waals surface area contributed by atoms with E-state index in [1.54, 1.807) is 0 Å². The topological polar surface area (TPSA) is 86.2 Å². The number of rotatable bonds is 3. The summed E-state index contributed by atoms with van der Waals surface area (Å²) in [4.78, 5) is 16.2. The minimum atomic E-state index is -0.429. The molecule has 2 aromatic heterocycles. The lowest BCUT2D eigenvalue weighted by Gasteiger charge is -2.20. The van der Waals surface area contributed by atoms with Crippen molar-refractivity contribution in [3.05, 3.63) is 16.8 Å². The minimum Gasteiger partial charge on any atom is -0.390 e. The highest BCUT2D eigenvalue weighted by Crippen LogP contribution is 2.33. The Bertz CT molecular complexity index is 790. The predicted octanol–water partition coefficient (Wildman–Crippen LogP) is 0.633. The van der Waals surface area contributed by atoms with Crippen LogP contribution in [0.1, 0.15) is 23.2 Å². The summed E-state index contributed by atoms with van der Waals surface area (Å²) in [5.41, 5.74) is 4.54. The molecule has 2 aliphatic rings. The van der Waals surface area contributed by atoms with Gasteiger partial charge in [-0.15, -0.1) is 0 Å². The zero-order valence-corrected chi connectivity index (χ0v) is 14.4. The van der Waals surface area contributed by atoms with E-state index >= 15 is 0 Å². The Labute approximate surface area is 141 Å². The molecule has 4 rings (SSSR count). The van der Waals surface area contributed by atoms with Crippen molar-refractivity contribution in [2.45, 2.75) is 38.3 Å². The Morgan fingerprint density at radius 1 is 1.17 bits per heavy atom. The number of aliphatic hydroxyl groups is 1. The van der Waals surface area contributed by atoms with Gasteiger partial charge in [-0.25, -0.2) is 4.98 Å². The van der Waals surface area contributed by atoms with Crippen molar-refractivity contribution < 1.29 is 5.11 Å². The van der Waals surface area contributed by atoms with Crippen LogP contribution in [0.4, 0.5) is 11.8 Å². The smallest absolute Gasteiger partial charge is 0.227 e. The third kappa shape index (κ3) is 2.48. The summed E-state index contributed by atoms with van der Waals surface area (Å²) in [5.74, 6) is 1.41. The first-order valence-corrected chi connectivity index (χ1v) is 8.57. The first-order chi connectivity index (χ1) is 11.5. The molecule has 128 valence electrons. The van der Waals surface area contributed by atoms with Crippen LogP contribution in [0.5, 0.6) is 0 Å². The Kier molecular flexibility index (Phi) is 3.77. The zero-order valence-electron chi connectivity index (χ0n) is 14.4. The summed E-state index contributed by atoms with van der Waals surface area (Å²) in [6, 6.07) is -0.0759. The highest BCUT2D eigenvalue weighted by Gasteiger charge is 2.27. The van der Waals surface area contributed by atoms with E-state index in [1.807, 2.05) is 19.0 Å². The quantitative estimate of drug-likeness (QED) is 0.762. The third-order valence-corrected chi connectivity index (χ3v) is 5.05. The molecule has 1 aliphatic heterocycles. The molecule has 0 unspecified atom stereocenters. The van der Waals surface area contributed by atoms with E-state index in [1.165, 1.54) is 16.8 Å². The van der Waals surface area contributed by atoms with Gasteiger partial charge < -0.3 is 20.6 Å². The number of aliphatic hydroxyl groups excluding tert-OH is 1. The summed E-state index contributed by atoms with van der Waals surface area (Å²) in [7, 11) is 3.98. The molecule has 3 N–H and O–H groups in total. The lowest BCUT2D eigenvalue weighted by atomic mass is 10.0. The van der Waals surface area contributed by atoms with Gasteiger partial charge in [-0.2, -0.15) is 9.97 Å². The van der Waals surface area contributed by atoms with Gasteiger partial charge in [0.05, 0.1) is 17.5 Å². The van der Waals surface area contributed by atoms with Gasteiger partial charge in [-0.3, -0.25) is 0 Å². The molecule has 2 aromatic rings. The van der Waals surface area contributed by atoms with E-state index in [2.05, 4.69) is 22.5 Å². The van der Waals surface area contributed by atoms with Crippen LogP contribution in [0.25, 0.3) is 11.0 Å². The zero-order chi connectivity index (χ0) is 16.8. The Hall–Kier alpha value is -1.99. The van der Waals surface area contributed by atoms with Crippen molar-refractivity contribution in [2.24, 2.45) is 0 Å². The Morgan fingerprint density at radius 3 is 2.71 bits per heavy atom. The molecule has 2 atom stereocenters. The molecule has 0 spiro atoms. The van der Waals surface area contributed by atoms with Gasteiger partial charge in [0.1, 0.15) is 5.82 Å². The number of nitrogens with one attached hydrogen (secondary N) is 2. The van der Waals surface area contributed by atoms with Crippen molar-refractivity contribution in [3.63, 3.8) is 0 Å². The molecule has 0 amide bonds. The summed E-state index contributed by atoms with van der Waals surface area (Å²) < 4.78 is 0. The number of nitrogens with zero attached hydrogens (tertiary/aromatic N) is 4. The molecule has 0 radical (unpaired) electrons. The largest absolute Gasteiger partial charge is 0.390 e. The highest BCUT2D eigenvalue weighted by atomic mass is 16.3. The second-order valence-electron chi connectivity index (χ2n) is 6.96. The fourth-order valence-electron chi connectivity index (χ4n) is 3.75. The maximum Gasteiger partial charge on any atom is 0.227 e. The standard InChI is InChI=1S/C17H24N6O/c1-9-10-5-4-6-11(10)19-15-14(9)16(23(2)3)22-17(21-15)20-12-7-18-8-13(12)24/h12-13,18,24H,4-8H2,1-3H3,(H,19,20,21,22)/t12-,13-/m0/s1. The van der Waals surface area contributed by atoms with Crippen molar-refractivity contribution in [3.8, 4) is 0 Å². The molecular weight excluding hydrogens is 304 g/mol. The number of β-amino-alcohol motifs (C(OH)–C–C–N with tert-alkyl or cyclic N) is 1. The highest BCUT2D eigenvalue weighted by molar-refractivity contribution is 5.92. The number of anilines is 2. The van der Waals surface area contributed by atoms with Gasteiger partial charge in [-0.05, 0) is 37.3 Å². The fraction of sp³-hybridized carbons (Fsp3) is 0.588. The van der Waals surface area contributed by atoms with Crippen molar-refractivity contribution in [1.82, 2.24) is 20.3 Å². The van der Waals surface area contributed by atoms with Gasteiger partial charge in [-0.1, -0.05) is 0 Å². The lowest BCUT2D eigenvalue weighted by Crippen LogP contribution is -2.33. The average molecular weight is 328 g/mol. The number of hydrogen-bond donors (Lipinski definition) is 3. The van der Waals surface area contributed by atoms with Crippen LogP contribution in [0, 0.1) is 6.92 Å². The minimum absolute atomic E-state index is 0.0759. The first-order valence-electron chi connectivity index (χ1n) is 8.57. The SMILES string of the molecule is Cc1c2c(nc3nc(N[C@H]4CNC[C@@H]4O)nc(N(C)C)c13)CCC2. The molecule has 1 aliphatic carbocycles. The van der Waals surface area contributed by atoms with Crippen LogP contribution in [0.2, 0.25) is 0 Å². The molecule has 0 saturated carbocycles. The molecule has 1 fully saturated rings. The van der Waals surface area contributed by atoms with E-state index in [9.17, 15) is 5.11 Å². The third-order valence-electron chi connectivity index (χ3n) is 5.05. The lowest BCUT2D eigenvalue weighted by molar-refractivity contribution is 0.185. The monoisotopic (exact) mass is 328 g/mol. The number of aromatic nitrogens is 3. The first kappa shape index (κ1) is 15.5. The Morgan fingerprint density at radius 2 is 2.00 bits per heavy atom. The molecule has 0 bridgehead atoms. The molecule has 7 heteroatoms. The van der Waals surface area contributed by atoms with Crippen molar-refractivity contribution in [2.75, 3.05) is 37.4 Å². The molecule has 7 nitrogen and oxygen atoms in total. The molecule has 1 saturated heterocycles. The average Bonchev–Trinajstić information content (AvgIpc) is 3.16. The van der Waals surface area contributed by atoms with E-state index in [0.29, 0.717) is 19.0 Å². The normalized spacial score (nSPS) is 22.8. The maximum absolute atomic E-state index is 10.0. The van der Waals surface area contributed by atoms with Gasteiger partial charge >= 0.3 is 0 Å². The van der Waals surface area contributed by atoms with Crippen LogP contribution < -0.4 is 15.5 Å². The van der Waals surface area contributed by atoms with Crippen LogP contribution >= 0.6 is 0 Å². The second-order valence-corrected chi connectivity index (χ2v) is 6.96. The summed E-state index contributed by atoms with van der Waals surface area (Å²) in [5, 5.41) is 17.5. The summed E-state index contributed by atoms with van der Waals surface area (Å²) in [6.45, 7) is 3.45. The fourth-order valence-corrected chi connectivity index (χ4v) is 3.75. The number of hydrogen-bond acceptors (Lipinski definition) is 7. The molecule has 3 heterocycles. The predicted molar refractivity (Wildman–Crippen MR) is 94.7 cm³/mol. The van der Waals surface area contributed by atoms with Crippen LogP contribution in [0.3, 0.4) is 0 Å². The van der Waals surface area contributed by atoms with E-state index in [0.717, 1.165) is 36.1 Å². The van der Waals surface area contributed by atoms with E-state index in [4.69, 9.17) is 9.97 Å². The van der Waals surface area contributed by atoms with Gasteiger partial charge in [0.15, 0.2) is 5.65 Å².